The summed E-state index contributed by atoms with van der Waals surface area (Å²) in [5.41, 5.74) is 6.01. The van der Waals surface area contributed by atoms with Crippen LogP contribution in [0.4, 0.5) is 0 Å². The van der Waals surface area contributed by atoms with Gasteiger partial charge in [-0.25, -0.2) is 0 Å². The highest BCUT2D eigenvalue weighted by Gasteiger charge is 2.14. The fraction of sp³-hybridized carbons (Fsp3) is 0.429. The van der Waals surface area contributed by atoms with Crippen LogP contribution >= 0.6 is 0 Å². The number of nitrogens with one attached hydrogen (secondary N) is 1. The molecule has 7 nitrogen and oxygen atoms in total. The summed E-state index contributed by atoms with van der Waals surface area (Å²) in [7, 11) is 0. The van der Waals surface area contributed by atoms with Crippen LogP contribution < -0.4 is 11.1 Å². The van der Waals surface area contributed by atoms with Crippen LogP contribution in [0.15, 0.2) is 28.9 Å². The lowest BCUT2D eigenvalue weighted by Crippen LogP contribution is -2.45. The quantitative estimate of drug-likeness (QED) is 0.818. The second-order valence-electron chi connectivity index (χ2n) is 5.49. The lowest BCUT2D eigenvalue weighted by atomic mass is 10.1. The SMILES string of the molecule is CC(C)(N)CNC(=O)CCc1nc(-c2ccccn2)no1. The Kier molecular flexibility index (Phi) is 4.64. The first kappa shape index (κ1) is 15.1. The second kappa shape index (κ2) is 6.45. The van der Waals surface area contributed by atoms with E-state index in [2.05, 4.69) is 20.4 Å². The maximum absolute atomic E-state index is 11.7. The van der Waals surface area contributed by atoms with Gasteiger partial charge < -0.3 is 15.6 Å². The fourth-order valence-corrected chi connectivity index (χ4v) is 1.59. The number of aryl methyl sites for hydroxylation is 1. The van der Waals surface area contributed by atoms with Crippen molar-refractivity contribution in [3.05, 3.63) is 30.3 Å². The third-order valence-electron chi connectivity index (χ3n) is 2.67. The number of carbonyl (C=O) groups excluding carboxylic acids is 1. The fourth-order valence-electron chi connectivity index (χ4n) is 1.59. The summed E-state index contributed by atoms with van der Waals surface area (Å²) in [6, 6.07) is 5.46. The predicted octanol–water partition coefficient (Wildman–Crippen LogP) is 0.918. The molecule has 112 valence electrons. The molecule has 0 spiro atoms. The van der Waals surface area contributed by atoms with Crippen molar-refractivity contribution in [3.8, 4) is 11.5 Å². The molecule has 0 saturated carbocycles. The molecule has 0 radical (unpaired) electrons. The van der Waals surface area contributed by atoms with E-state index in [0.29, 0.717) is 30.4 Å². The van der Waals surface area contributed by atoms with Crippen molar-refractivity contribution in [3.63, 3.8) is 0 Å². The zero-order chi connectivity index (χ0) is 15.3. The van der Waals surface area contributed by atoms with E-state index >= 15 is 0 Å². The minimum Gasteiger partial charge on any atom is -0.354 e. The topological polar surface area (TPSA) is 107 Å². The molecule has 2 aromatic rings. The number of nitrogens with zero attached hydrogens (tertiary/aromatic N) is 3. The Balaban J connectivity index is 1.85. The summed E-state index contributed by atoms with van der Waals surface area (Å²) in [6.45, 7) is 4.13. The Bertz CT molecular complexity index is 589. The molecule has 0 aliphatic rings. The van der Waals surface area contributed by atoms with Crippen molar-refractivity contribution in [1.82, 2.24) is 20.4 Å². The highest BCUT2D eigenvalue weighted by Crippen LogP contribution is 2.12. The largest absolute Gasteiger partial charge is 0.354 e. The Morgan fingerprint density at radius 3 is 2.90 bits per heavy atom. The van der Waals surface area contributed by atoms with Gasteiger partial charge in [0, 0.05) is 31.1 Å². The molecule has 2 aromatic heterocycles. The molecule has 0 unspecified atom stereocenters. The number of nitrogens with two attached hydrogens (primary N) is 1. The van der Waals surface area contributed by atoms with Crippen LogP contribution in [0.2, 0.25) is 0 Å². The van der Waals surface area contributed by atoms with Crippen molar-refractivity contribution in [2.24, 2.45) is 5.73 Å². The van der Waals surface area contributed by atoms with Gasteiger partial charge in [-0.1, -0.05) is 11.2 Å². The van der Waals surface area contributed by atoms with E-state index in [0.717, 1.165) is 0 Å². The highest BCUT2D eigenvalue weighted by molar-refractivity contribution is 5.76. The number of carbonyl (C=O) groups is 1. The van der Waals surface area contributed by atoms with Gasteiger partial charge >= 0.3 is 0 Å². The van der Waals surface area contributed by atoms with Crippen molar-refractivity contribution >= 4 is 5.91 Å². The van der Waals surface area contributed by atoms with E-state index in [1.807, 2.05) is 26.0 Å². The molecule has 3 N–H and O–H groups in total. The van der Waals surface area contributed by atoms with Crippen molar-refractivity contribution in [1.29, 1.82) is 0 Å². The molecule has 7 heteroatoms. The first-order valence-corrected chi connectivity index (χ1v) is 6.74. The molecular formula is C14H19N5O2. The van der Waals surface area contributed by atoms with E-state index in [4.69, 9.17) is 10.3 Å². The van der Waals surface area contributed by atoms with Crippen LogP contribution in [0.25, 0.3) is 11.5 Å². The van der Waals surface area contributed by atoms with Crippen molar-refractivity contribution in [2.45, 2.75) is 32.2 Å². The summed E-state index contributed by atoms with van der Waals surface area (Å²) >= 11 is 0. The zero-order valence-corrected chi connectivity index (χ0v) is 12.2. The number of rotatable bonds is 6. The van der Waals surface area contributed by atoms with Gasteiger partial charge in [0.2, 0.25) is 17.6 Å². The average Bonchev–Trinajstić information content (AvgIpc) is 2.92. The van der Waals surface area contributed by atoms with Crippen LogP contribution in [-0.2, 0) is 11.2 Å². The maximum Gasteiger partial charge on any atom is 0.227 e. The van der Waals surface area contributed by atoms with Gasteiger partial charge in [0.1, 0.15) is 5.69 Å². The molecule has 21 heavy (non-hydrogen) atoms. The third-order valence-corrected chi connectivity index (χ3v) is 2.67. The molecule has 2 rings (SSSR count). The van der Waals surface area contributed by atoms with E-state index in [-0.39, 0.29) is 12.3 Å². The zero-order valence-electron chi connectivity index (χ0n) is 12.2. The minimum absolute atomic E-state index is 0.0916. The van der Waals surface area contributed by atoms with Crippen LogP contribution in [0.1, 0.15) is 26.2 Å². The van der Waals surface area contributed by atoms with Gasteiger partial charge in [-0.05, 0) is 26.0 Å². The minimum atomic E-state index is -0.424. The Morgan fingerprint density at radius 1 is 1.43 bits per heavy atom. The predicted molar refractivity (Wildman–Crippen MR) is 77.1 cm³/mol. The highest BCUT2D eigenvalue weighted by atomic mass is 16.5. The molecule has 0 saturated heterocycles. The molecule has 0 aliphatic carbocycles. The normalized spacial score (nSPS) is 11.4. The molecule has 0 aliphatic heterocycles. The Morgan fingerprint density at radius 2 is 2.24 bits per heavy atom. The maximum atomic E-state index is 11.7. The van der Waals surface area contributed by atoms with E-state index < -0.39 is 5.54 Å². The second-order valence-corrected chi connectivity index (χ2v) is 5.49. The molecule has 0 atom stereocenters. The monoisotopic (exact) mass is 289 g/mol. The molecular weight excluding hydrogens is 270 g/mol. The molecule has 1 amide bonds. The summed E-state index contributed by atoms with van der Waals surface area (Å²) < 4.78 is 5.11. The summed E-state index contributed by atoms with van der Waals surface area (Å²) in [5, 5.41) is 6.61. The van der Waals surface area contributed by atoms with Crippen molar-refractivity contribution in [2.75, 3.05) is 6.54 Å². The van der Waals surface area contributed by atoms with Crippen molar-refractivity contribution < 1.29 is 9.32 Å². The van der Waals surface area contributed by atoms with Crippen LogP contribution in [-0.4, -0.2) is 33.1 Å². The van der Waals surface area contributed by atoms with Gasteiger partial charge in [0.05, 0.1) is 0 Å². The van der Waals surface area contributed by atoms with Gasteiger partial charge in [0.15, 0.2) is 0 Å². The molecule has 0 fully saturated rings. The summed E-state index contributed by atoms with van der Waals surface area (Å²) in [5.74, 6) is 0.748. The lowest BCUT2D eigenvalue weighted by molar-refractivity contribution is -0.121. The number of hydrogen-bond acceptors (Lipinski definition) is 6. The summed E-state index contributed by atoms with van der Waals surface area (Å²) in [6.07, 6.45) is 2.32. The first-order chi connectivity index (χ1) is 9.94. The van der Waals surface area contributed by atoms with Crippen LogP contribution in [0, 0.1) is 0 Å². The smallest absolute Gasteiger partial charge is 0.227 e. The number of pyridine rings is 1. The number of aromatic nitrogens is 3. The average molecular weight is 289 g/mol. The number of hydrogen-bond donors (Lipinski definition) is 2. The summed E-state index contributed by atoms with van der Waals surface area (Å²) in [4.78, 5) is 20.0. The Hall–Kier alpha value is -2.28. The van der Waals surface area contributed by atoms with E-state index in [9.17, 15) is 4.79 Å². The van der Waals surface area contributed by atoms with Crippen LogP contribution in [0.5, 0.6) is 0 Å². The van der Waals surface area contributed by atoms with Gasteiger partial charge in [-0.3, -0.25) is 9.78 Å². The van der Waals surface area contributed by atoms with Gasteiger partial charge in [-0.2, -0.15) is 4.98 Å². The third kappa shape index (κ3) is 4.96. The number of amides is 1. The van der Waals surface area contributed by atoms with E-state index in [1.54, 1.807) is 12.3 Å². The molecule has 2 heterocycles. The van der Waals surface area contributed by atoms with Gasteiger partial charge in [0.25, 0.3) is 0 Å². The standard InChI is InChI=1S/C14H19N5O2/c1-14(2,15)9-17-11(20)6-7-12-18-13(19-21-12)10-5-3-4-8-16-10/h3-5,8H,6-7,9,15H2,1-2H3,(H,17,20). The van der Waals surface area contributed by atoms with Crippen LogP contribution in [0.3, 0.4) is 0 Å². The van der Waals surface area contributed by atoms with Gasteiger partial charge in [-0.15, -0.1) is 0 Å². The molecule has 0 aromatic carbocycles. The van der Waals surface area contributed by atoms with E-state index in [1.165, 1.54) is 0 Å². The molecule has 0 bridgehead atoms. The Labute approximate surface area is 122 Å². The lowest BCUT2D eigenvalue weighted by Gasteiger charge is -2.18. The first-order valence-electron chi connectivity index (χ1n) is 6.74.